The van der Waals surface area contributed by atoms with E-state index in [1.54, 1.807) is 24.3 Å². The van der Waals surface area contributed by atoms with Crippen molar-refractivity contribution in [1.29, 1.82) is 0 Å². The zero-order valence-corrected chi connectivity index (χ0v) is 15.8. The zero-order valence-electron chi connectivity index (χ0n) is 15.0. The first-order valence-electron chi connectivity index (χ1n) is 8.76. The highest BCUT2D eigenvalue weighted by Gasteiger charge is 2.22. The van der Waals surface area contributed by atoms with E-state index in [9.17, 15) is 13.2 Å². The smallest absolute Gasteiger partial charge is 0.305 e. The molecule has 1 fully saturated rings. The molecule has 0 amide bonds. The van der Waals surface area contributed by atoms with Crippen LogP contribution in [0.3, 0.4) is 0 Å². The van der Waals surface area contributed by atoms with Gasteiger partial charge in [-0.25, -0.2) is 13.1 Å². The molecule has 1 aromatic rings. The van der Waals surface area contributed by atoms with Gasteiger partial charge in [-0.05, 0) is 57.3 Å². The van der Waals surface area contributed by atoms with Crippen molar-refractivity contribution in [2.75, 3.05) is 33.3 Å². The molecule has 1 atom stereocenters. The Morgan fingerprint density at radius 2 is 2.04 bits per heavy atom. The lowest BCUT2D eigenvalue weighted by molar-refractivity contribution is -0.140. The molecule has 7 heteroatoms. The maximum absolute atomic E-state index is 12.4. The molecule has 2 rings (SSSR count). The van der Waals surface area contributed by atoms with Crippen molar-refractivity contribution in [2.45, 2.75) is 37.5 Å². The molecular weight excluding hydrogens is 340 g/mol. The Kier molecular flexibility index (Phi) is 7.40. The molecule has 1 unspecified atom stereocenters. The molecule has 6 nitrogen and oxygen atoms in total. The monoisotopic (exact) mass is 368 g/mol. The van der Waals surface area contributed by atoms with Crippen LogP contribution < -0.4 is 4.72 Å². The lowest BCUT2D eigenvalue weighted by atomic mass is 9.98. The van der Waals surface area contributed by atoms with E-state index in [1.807, 2.05) is 6.92 Å². The van der Waals surface area contributed by atoms with Crippen molar-refractivity contribution in [3.63, 3.8) is 0 Å². The van der Waals surface area contributed by atoms with Crippen LogP contribution in [0.1, 0.15) is 31.2 Å². The number of piperidine rings is 1. The summed E-state index contributed by atoms with van der Waals surface area (Å²) in [6.45, 7) is 5.08. The number of ether oxygens (including phenoxy) is 1. The van der Waals surface area contributed by atoms with Crippen LogP contribution in [0.25, 0.3) is 0 Å². The molecular formula is C18H28N2O4S. The average Bonchev–Trinajstić information content (AvgIpc) is 2.61. The molecule has 1 saturated heterocycles. The molecule has 0 spiro atoms. The number of sulfonamides is 1. The van der Waals surface area contributed by atoms with Gasteiger partial charge in [0.1, 0.15) is 0 Å². The minimum atomic E-state index is -3.46. The number of methoxy groups -OCH3 is 1. The molecule has 0 aromatic heterocycles. The molecule has 0 bridgehead atoms. The van der Waals surface area contributed by atoms with Crippen molar-refractivity contribution in [3.05, 3.63) is 29.8 Å². The Morgan fingerprint density at radius 3 is 2.72 bits per heavy atom. The van der Waals surface area contributed by atoms with Crippen LogP contribution >= 0.6 is 0 Å². The van der Waals surface area contributed by atoms with Crippen molar-refractivity contribution >= 4 is 16.0 Å². The second kappa shape index (κ2) is 9.31. The number of hydrogen-bond donors (Lipinski definition) is 1. The highest BCUT2D eigenvalue weighted by molar-refractivity contribution is 7.89. The number of likely N-dealkylation sites (tertiary alicyclic amines) is 1. The van der Waals surface area contributed by atoms with Crippen molar-refractivity contribution in [1.82, 2.24) is 9.62 Å². The fraction of sp³-hybridized carbons (Fsp3) is 0.611. The van der Waals surface area contributed by atoms with Crippen LogP contribution in [0, 0.1) is 12.8 Å². The van der Waals surface area contributed by atoms with E-state index < -0.39 is 10.0 Å². The van der Waals surface area contributed by atoms with Crippen LogP contribution in [-0.2, 0) is 19.6 Å². The van der Waals surface area contributed by atoms with Gasteiger partial charge >= 0.3 is 5.97 Å². The third-order valence-corrected chi connectivity index (χ3v) is 6.02. The van der Waals surface area contributed by atoms with Crippen LogP contribution in [0.5, 0.6) is 0 Å². The number of carbonyl (C=O) groups excluding carboxylic acids is 1. The molecule has 25 heavy (non-hydrogen) atoms. The number of benzene rings is 1. The van der Waals surface area contributed by atoms with Crippen molar-refractivity contribution in [2.24, 2.45) is 5.92 Å². The van der Waals surface area contributed by atoms with Gasteiger partial charge in [-0.3, -0.25) is 4.79 Å². The normalized spacial score (nSPS) is 18.9. The predicted molar refractivity (Wildman–Crippen MR) is 96.8 cm³/mol. The number of carbonyl (C=O) groups is 1. The number of hydrogen-bond acceptors (Lipinski definition) is 5. The lowest BCUT2D eigenvalue weighted by Gasteiger charge is -2.32. The quantitative estimate of drug-likeness (QED) is 0.710. The second-order valence-corrected chi connectivity index (χ2v) is 8.42. The summed E-state index contributed by atoms with van der Waals surface area (Å²) in [5.74, 6) is 0.117. The van der Waals surface area contributed by atoms with Gasteiger partial charge in [0, 0.05) is 19.5 Å². The molecule has 0 radical (unpaired) electrons. The Morgan fingerprint density at radius 1 is 1.32 bits per heavy atom. The summed E-state index contributed by atoms with van der Waals surface area (Å²) >= 11 is 0. The van der Waals surface area contributed by atoms with E-state index in [0.29, 0.717) is 23.8 Å². The van der Waals surface area contributed by atoms with Crippen LogP contribution in [-0.4, -0.2) is 52.6 Å². The molecule has 0 saturated carbocycles. The fourth-order valence-electron chi connectivity index (χ4n) is 3.10. The third kappa shape index (κ3) is 6.41. The molecule has 1 aliphatic rings. The SMILES string of the molecule is COC(=O)CCCN1CCCC(CNS(=O)(=O)c2ccc(C)cc2)C1. The maximum atomic E-state index is 12.4. The number of rotatable bonds is 8. The predicted octanol–water partition coefficient (Wildman–Crippen LogP) is 1.94. The van der Waals surface area contributed by atoms with Crippen LogP contribution in [0.15, 0.2) is 29.2 Å². The number of nitrogens with zero attached hydrogens (tertiary/aromatic N) is 1. The van der Waals surface area contributed by atoms with E-state index in [1.165, 1.54) is 7.11 Å². The first-order chi connectivity index (χ1) is 11.9. The van der Waals surface area contributed by atoms with Gasteiger partial charge < -0.3 is 9.64 Å². The largest absolute Gasteiger partial charge is 0.469 e. The first-order valence-corrected chi connectivity index (χ1v) is 10.2. The van der Waals surface area contributed by atoms with Crippen LogP contribution in [0.4, 0.5) is 0 Å². The van der Waals surface area contributed by atoms with E-state index in [0.717, 1.165) is 44.5 Å². The van der Waals surface area contributed by atoms with E-state index in [4.69, 9.17) is 0 Å². The Bertz CT molecular complexity index is 658. The topological polar surface area (TPSA) is 75.7 Å². The Balaban J connectivity index is 1.80. The van der Waals surface area contributed by atoms with Crippen molar-refractivity contribution in [3.8, 4) is 0 Å². The molecule has 1 N–H and O–H groups in total. The summed E-state index contributed by atoms with van der Waals surface area (Å²) in [7, 11) is -2.05. The van der Waals surface area contributed by atoms with Gasteiger partial charge in [0.05, 0.1) is 12.0 Å². The Labute approximate surface area is 150 Å². The lowest BCUT2D eigenvalue weighted by Crippen LogP contribution is -2.41. The molecule has 1 aliphatic heterocycles. The zero-order chi connectivity index (χ0) is 18.3. The van der Waals surface area contributed by atoms with E-state index in [-0.39, 0.29) is 5.97 Å². The van der Waals surface area contributed by atoms with E-state index in [2.05, 4.69) is 14.4 Å². The number of nitrogens with one attached hydrogen (secondary N) is 1. The van der Waals surface area contributed by atoms with Gasteiger partial charge in [-0.1, -0.05) is 17.7 Å². The summed E-state index contributed by atoms with van der Waals surface area (Å²) in [6.07, 6.45) is 3.27. The number of esters is 1. The summed E-state index contributed by atoms with van der Waals surface area (Å²) in [5, 5.41) is 0. The third-order valence-electron chi connectivity index (χ3n) is 4.58. The van der Waals surface area contributed by atoms with E-state index >= 15 is 0 Å². The summed E-state index contributed by atoms with van der Waals surface area (Å²) in [4.78, 5) is 13.8. The van der Waals surface area contributed by atoms with Gasteiger partial charge in [-0.2, -0.15) is 0 Å². The van der Waals surface area contributed by atoms with Gasteiger partial charge in [0.2, 0.25) is 10.0 Å². The number of aryl methyl sites for hydroxylation is 1. The van der Waals surface area contributed by atoms with Crippen LogP contribution in [0.2, 0.25) is 0 Å². The molecule has 0 aliphatic carbocycles. The summed E-state index contributed by atoms with van der Waals surface area (Å²) in [5.41, 5.74) is 1.04. The van der Waals surface area contributed by atoms with Gasteiger partial charge in [-0.15, -0.1) is 0 Å². The fourth-order valence-corrected chi connectivity index (χ4v) is 4.21. The maximum Gasteiger partial charge on any atom is 0.305 e. The highest BCUT2D eigenvalue weighted by atomic mass is 32.2. The molecule has 1 aromatic carbocycles. The standard InChI is InChI=1S/C18H28N2O4S/c1-15-7-9-17(10-8-15)25(22,23)19-13-16-5-3-11-20(14-16)12-4-6-18(21)24-2/h7-10,16,19H,3-6,11-14H2,1-2H3. The minimum Gasteiger partial charge on any atom is -0.469 e. The van der Waals surface area contributed by atoms with Gasteiger partial charge in [0.15, 0.2) is 0 Å². The summed E-state index contributed by atoms with van der Waals surface area (Å²) in [6, 6.07) is 6.88. The first kappa shape index (κ1) is 19.9. The average molecular weight is 368 g/mol. The Hall–Kier alpha value is -1.44. The second-order valence-electron chi connectivity index (χ2n) is 6.65. The molecule has 1 heterocycles. The minimum absolute atomic E-state index is 0.181. The van der Waals surface area contributed by atoms with Gasteiger partial charge in [0.25, 0.3) is 0 Å². The van der Waals surface area contributed by atoms with Crippen molar-refractivity contribution < 1.29 is 17.9 Å². The summed E-state index contributed by atoms with van der Waals surface area (Å²) < 4.78 is 32.1. The highest BCUT2D eigenvalue weighted by Crippen LogP contribution is 2.17. The molecule has 140 valence electrons.